The molecule has 0 saturated heterocycles. The molecule has 0 atom stereocenters. The fraction of sp³-hybridized carbons (Fsp3) is 0.812. The standard InChI is InChI=1S/C16H29NO2/c1-5-13-7-9-15(10-8-13)17(3)12-11-14(6-2)16(18)19-4/h11,13,15H,5-10,12H2,1-4H3. The normalized spacial score (nSPS) is 24.6. The van der Waals surface area contributed by atoms with Crippen LogP contribution < -0.4 is 0 Å². The minimum Gasteiger partial charge on any atom is -0.466 e. The number of carbonyl (C=O) groups excluding carboxylic acids is 1. The van der Waals surface area contributed by atoms with Gasteiger partial charge < -0.3 is 4.74 Å². The average Bonchev–Trinajstić information content (AvgIpc) is 2.47. The molecule has 0 spiro atoms. The monoisotopic (exact) mass is 267 g/mol. The molecule has 0 aromatic rings. The Morgan fingerprint density at radius 2 is 1.89 bits per heavy atom. The van der Waals surface area contributed by atoms with Gasteiger partial charge in [-0.3, -0.25) is 4.90 Å². The Hall–Kier alpha value is -0.830. The minimum absolute atomic E-state index is 0.189. The quantitative estimate of drug-likeness (QED) is 0.545. The molecule has 3 nitrogen and oxygen atoms in total. The van der Waals surface area contributed by atoms with Crippen molar-refractivity contribution in [1.82, 2.24) is 4.90 Å². The highest BCUT2D eigenvalue weighted by Crippen LogP contribution is 2.28. The molecule has 1 aliphatic carbocycles. The smallest absolute Gasteiger partial charge is 0.333 e. The molecule has 0 aromatic carbocycles. The second kappa shape index (κ2) is 8.36. The van der Waals surface area contributed by atoms with Gasteiger partial charge in [0.05, 0.1) is 7.11 Å². The Bertz CT molecular complexity index is 304. The molecule has 0 N–H and O–H groups in total. The number of rotatable bonds is 6. The Morgan fingerprint density at radius 1 is 1.26 bits per heavy atom. The van der Waals surface area contributed by atoms with Crippen LogP contribution in [0.5, 0.6) is 0 Å². The first-order valence-corrected chi connectivity index (χ1v) is 7.59. The molecule has 0 bridgehead atoms. The third-order valence-corrected chi connectivity index (χ3v) is 4.47. The van der Waals surface area contributed by atoms with Gasteiger partial charge in [0, 0.05) is 18.2 Å². The average molecular weight is 267 g/mol. The summed E-state index contributed by atoms with van der Waals surface area (Å²) in [5.74, 6) is 0.743. The Morgan fingerprint density at radius 3 is 2.37 bits per heavy atom. The van der Waals surface area contributed by atoms with Crippen LogP contribution >= 0.6 is 0 Å². The number of hydrogen-bond acceptors (Lipinski definition) is 3. The molecular formula is C16H29NO2. The maximum atomic E-state index is 11.5. The van der Waals surface area contributed by atoms with Crippen molar-refractivity contribution in [3.8, 4) is 0 Å². The Labute approximate surface area is 118 Å². The SMILES string of the molecule is CCC(=CCN(C)C1CCC(CC)CC1)C(=O)OC. The fourth-order valence-electron chi connectivity index (χ4n) is 2.90. The second-order valence-electron chi connectivity index (χ2n) is 5.60. The zero-order valence-corrected chi connectivity index (χ0v) is 12.9. The van der Waals surface area contributed by atoms with Gasteiger partial charge in [0.15, 0.2) is 0 Å². The molecule has 0 heterocycles. The van der Waals surface area contributed by atoms with Crippen molar-refractivity contribution in [3.63, 3.8) is 0 Å². The van der Waals surface area contributed by atoms with Crippen molar-refractivity contribution in [2.45, 2.75) is 58.4 Å². The third-order valence-electron chi connectivity index (χ3n) is 4.47. The summed E-state index contributed by atoms with van der Waals surface area (Å²) in [5.41, 5.74) is 0.789. The Kier molecular flexibility index (Phi) is 7.14. The highest BCUT2D eigenvalue weighted by Gasteiger charge is 2.22. The van der Waals surface area contributed by atoms with Crippen molar-refractivity contribution >= 4 is 5.97 Å². The zero-order chi connectivity index (χ0) is 14.3. The number of nitrogens with zero attached hydrogens (tertiary/aromatic N) is 1. The molecule has 3 heteroatoms. The summed E-state index contributed by atoms with van der Waals surface area (Å²) in [7, 11) is 3.61. The molecular weight excluding hydrogens is 238 g/mol. The van der Waals surface area contributed by atoms with Gasteiger partial charge in [0.1, 0.15) is 0 Å². The lowest BCUT2D eigenvalue weighted by Crippen LogP contribution is -2.35. The van der Waals surface area contributed by atoms with Crippen molar-refractivity contribution in [3.05, 3.63) is 11.6 Å². The van der Waals surface area contributed by atoms with E-state index in [1.807, 2.05) is 13.0 Å². The Balaban J connectivity index is 2.44. The van der Waals surface area contributed by atoms with Crippen LogP contribution in [0.15, 0.2) is 11.6 Å². The summed E-state index contributed by atoms with van der Waals surface area (Å²) in [6.45, 7) is 5.14. The molecule has 0 amide bonds. The van der Waals surface area contributed by atoms with E-state index < -0.39 is 0 Å². The van der Waals surface area contributed by atoms with E-state index in [0.717, 1.165) is 24.5 Å². The minimum atomic E-state index is -0.189. The van der Waals surface area contributed by atoms with Crippen LogP contribution in [0, 0.1) is 5.92 Å². The summed E-state index contributed by atoms with van der Waals surface area (Å²) in [4.78, 5) is 13.9. The molecule has 0 unspecified atom stereocenters. The number of hydrogen-bond donors (Lipinski definition) is 0. The number of likely N-dealkylation sites (N-methyl/N-ethyl adjacent to an activating group) is 1. The van der Waals surface area contributed by atoms with E-state index in [1.54, 1.807) is 0 Å². The summed E-state index contributed by atoms with van der Waals surface area (Å²) < 4.78 is 4.78. The van der Waals surface area contributed by atoms with E-state index in [0.29, 0.717) is 6.04 Å². The second-order valence-corrected chi connectivity index (χ2v) is 5.60. The summed E-state index contributed by atoms with van der Waals surface area (Å²) in [6, 6.07) is 0.676. The lowest BCUT2D eigenvalue weighted by Gasteiger charge is -2.34. The molecule has 110 valence electrons. The predicted octanol–water partition coefficient (Wildman–Crippen LogP) is 3.40. The molecule has 0 radical (unpaired) electrons. The zero-order valence-electron chi connectivity index (χ0n) is 12.9. The van der Waals surface area contributed by atoms with Crippen LogP contribution in [0.1, 0.15) is 52.4 Å². The topological polar surface area (TPSA) is 29.5 Å². The van der Waals surface area contributed by atoms with Gasteiger partial charge in [-0.25, -0.2) is 4.79 Å². The van der Waals surface area contributed by atoms with Gasteiger partial charge in [-0.1, -0.05) is 26.3 Å². The number of esters is 1. The van der Waals surface area contributed by atoms with Crippen LogP contribution in [0.25, 0.3) is 0 Å². The van der Waals surface area contributed by atoms with E-state index in [-0.39, 0.29) is 5.97 Å². The van der Waals surface area contributed by atoms with Crippen LogP contribution in [-0.2, 0) is 9.53 Å². The first-order chi connectivity index (χ1) is 9.12. The van der Waals surface area contributed by atoms with E-state index in [2.05, 4.69) is 18.9 Å². The molecule has 1 saturated carbocycles. The predicted molar refractivity (Wildman–Crippen MR) is 79.1 cm³/mol. The van der Waals surface area contributed by atoms with Crippen LogP contribution in [0.2, 0.25) is 0 Å². The molecule has 1 aliphatic rings. The molecule has 0 aromatic heterocycles. The maximum Gasteiger partial charge on any atom is 0.333 e. The van der Waals surface area contributed by atoms with Gasteiger partial charge >= 0.3 is 5.97 Å². The van der Waals surface area contributed by atoms with E-state index in [4.69, 9.17) is 4.74 Å². The highest BCUT2D eigenvalue weighted by atomic mass is 16.5. The molecule has 1 fully saturated rings. The van der Waals surface area contributed by atoms with Crippen molar-refractivity contribution in [1.29, 1.82) is 0 Å². The lowest BCUT2D eigenvalue weighted by molar-refractivity contribution is -0.136. The van der Waals surface area contributed by atoms with E-state index in [1.165, 1.54) is 39.2 Å². The first-order valence-electron chi connectivity index (χ1n) is 7.59. The van der Waals surface area contributed by atoms with Crippen LogP contribution in [-0.4, -0.2) is 37.6 Å². The van der Waals surface area contributed by atoms with Gasteiger partial charge in [0.25, 0.3) is 0 Å². The maximum absolute atomic E-state index is 11.5. The summed E-state index contributed by atoms with van der Waals surface area (Å²) >= 11 is 0. The van der Waals surface area contributed by atoms with Crippen LogP contribution in [0.4, 0.5) is 0 Å². The van der Waals surface area contributed by atoms with E-state index >= 15 is 0 Å². The fourth-order valence-corrected chi connectivity index (χ4v) is 2.90. The van der Waals surface area contributed by atoms with Gasteiger partial charge in [-0.05, 0) is 45.1 Å². The third kappa shape index (κ3) is 4.98. The van der Waals surface area contributed by atoms with E-state index in [9.17, 15) is 4.79 Å². The van der Waals surface area contributed by atoms with Gasteiger partial charge in [-0.2, -0.15) is 0 Å². The first kappa shape index (κ1) is 16.2. The summed E-state index contributed by atoms with van der Waals surface area (Å²) in [6.07, 6.45) is 9.38. The number of carbonyl (C=O) groups is 1. The lowest BCUT2D eigenvalue weighted by atomic mass is 9.84. The number of methoxy groups -OCH3 is 1. The van der Waals surface area contributed by atoms with Gasteiger partial charge in [-0.15, -0.1) is 0 Å². The molecule has 19 heavy (non-hydrogen) atoms. The largest absolute Gasteiger partial charge is 0.466 e. The molecule has 1 rings (SSSR count). The highest BCUT2D eigenvalue weighted by molar-refractivity contribution is 5.88. The van der Waals surface area contributed by atoms with Crippen molar-refractivity contribution in [2.75, 3.05) is 20.7 Å². The number of ether oxygens (including phenoxy) is 1. The van der Waals surface area contributed by atoms with Gasteiger partial charge in [0.2, 0.25) is 0 Å². The van der Waals surface area contributed by atoms with Crippen LogP contribution in [0.3, 0.4) is 0 Å². The van der Waals surface area contributed by atoms with Crippen molar-refractivity contribution < 1.29 is 9.53 Å². The molecule has 0 aliphatic heterocycles. The van der Waals surface area contributed by atoms with Crippen molar-refractivity contribution in [2.24, 2.45) is 5.92 Å². The summed E-state index contributed by atoms with van der Waals surface area (Å²) in [5, 5.41) is 0.